The third-order valence-electron chi connectivity index (χ3n) is 7.78. The average Bonchev–Trinajstić information content (AvgIpc) is 3.67. The van der Waals surface area contributed by atoms with Crippen molar-refractivity contribution in [3.05, 3.63) is 39.9 Å². The van der Waals surface area contributed by atoms with Gasteiger partial charge in [-0.3, -0.25) is 9.69 Å². The molecule has 2 aliphatic heterocycles. The summed E-state index contributed by atoms with van der Waals surface area (Å²) in [6, 6.07) is 6.22. The van der Waals surface area contributed by atoms with E-state index in [0.29, 0.717) is 38.1 Å². The van der Waals surface area contributed by atoms with Crippen molar-refractivity contribution in [1.29, 1.82) is 0 Å². The van der Waals surface area contributed by atoms with E-state index in [0.717, 1.165) is 66.8 Å². The Balaban J connectivity index is 1.33. The highest BCUT2D eigenvalue weighted by Gasteiger charge is 2.33. The van der Waals surface area contributed by atoms with E-state index in [4.69, 9.17) is 14.2 Å². The molecule has 36 heavy (non-hydrogen) atoms. The number of aromatic nitrogens is 5. The Morgan fingerprint density at radius 3 is 2.64 bits per heavy atom. The van der Waals surface area contributed by atoms with Crippen molar-refractivity contribution in [3.63, 3.8) is 0 Å². The number of rotatable bonds is 8. The van der Waals surface area contributed by atoms with Crippen LogP contribution in [0.5, 0.6) is 11.5 Å². The summed E-state index contributed by atoms with van der Waals surface area (Å²) in [6.07, 6.45) is 7.78. The van der Waals surface area contributed by atoms with E-state index in [-0.39, 0.29) is 17.7 Å². The number of ether oxygens (including phenoxy) is 3. The Kier molecular flexibility index (Phi) is 6.62. The van der Waals surface area contributed by atoms with Gasteiger partial charge in [0, 0.05) is 36.2 Å². The third kappa shape index (κ3) is 4.59. The second-order valence-electron chi connectivity index (χ2n) is 10.1. The first-order valence-electron chi connectivity index (χ1n) is 13.3. The summed E-state index contributed by atoms with van der Waals surface area (Å²) in [6.45, 7) is 5.23. The number of fused-ring (bicyclic) bond motifs is 2. The predicted molar refractivity (Wildman–Crippen MR) is 133 cm³/mol. The molecule has 1 N–H and O–H groups in total. The van der Waals surface area contributed by atoms with Crippen LogP contribution in [0.2, 0.25) is 0 Å². The number of tetrazole rings is 1. The first kappa shape index (κ1) is 23.4. The van der Waals surface area contributed by atoms with Crippen molar-refractivity contribution in [2.75, 3.05) is 19.8 Å². The highest BCUT2D eigenvalue weighted by atomic mass is 16.6. The molecule has 2 fully saturated rings. The maximum Gasteiger partial charge on any atom is 0.252 e. The Hall–Kier alpha value is -2.98. The summed E-state index contributed by atoms with van der Waals surface area (Å²) in [5.74, 6) is 2.25. The lowest BCUT2D eigenvalue weighted by atomic mass is 10.0. The van der Waals surface area contributed by atoms with Crippen LogP contribution in [0, 0.1) is 0 Å². The van der Waals surface area contributed by atoms with Gasteiger partial charge < -0.3 is 19.2 Å². The second kappa shape index (κ2) is 10.2. The molecule has 6 rings (SSSR count). The van der Waals surface area contributed by atoms with Gasteiger partial charge in [0.15, 0.2) is 17.3 Å². The van der Waals surface area contributed by atoms with Crippen LogP contribution in [-0.4, -0.2) is 62.1 Å². The monoisotopic (exact) mass is 494 g/mol. The second-order valence-corrected chi connectivity index (χ2v) is 10.1. The SMILES string of the molecule is CC[C@@H](c1nnnn1C[C@H]1CCCO1)N(Cc1cc2cc3c(cc2[nH]c1=O)OCCO3)C1CCCC1. The van der Waals surface area contributed by atoms with Gasteiger partial charge >= 0.3 is 0 Å². The summed E-state index contributed by atoms with van der Waals surface area (Å²) in [4.78, 5) is 18.8. The molecule has 1 saturated carbocycles. The van der Waals surface area contributed by atoms with Crippen LogP contribution < -0.4 is 15.0 Å². The highest BCUT2D eigenvalue weighted by Crippen LogP contribution is 2.36. The normalized spacial score (nSPS) is 21.0. The zero-order valence-corrected chi connectivity index (χ0v) is 20.8. The average molecular weight is 495 g/mol. The number of hydrogen-bond donors (Lipinski definition) is 1. The lowest BCUT2D eigenvalue weighted by Gasteiger charge is -2.35. The molecule has 0 radical (unpaired) electrons. The smallest absolute Gasteiger partial charge is 0.252 e. The molecule has 3 aliphatic rings. The third-order valence-corrected chi connectivity index (χ3v) is 7.78. The van der Waals surface area contributed by atoms with Gasteiger partial charge in [0.05, 0.1) is 24.2 Å². The van der Waals surface area contributed by atoms with Crippen LogP contribution in [0.1, 0.15) is 69.3 Å². The number of benzene rings is 1. The molecule has 4 heterocycles. The van der Waals surface area contributed by atoms with E-state index >= 15 is 0 Å². The van der Waals surface area contributed by atoms with Gasteiger partial charge in [0.2, 0.25) is 0 Å². The van der Waals surface area contributed by atoms with Crippen LogP contribution in [0.4, 0.5) is 0 Å². The molecule has 192 valence electrons. The standard InChI is InChI=1S/C26H34N6O4/c1-2-22(25-28-29-30-32(25)16-20-8-5-9-34-20)31(19-6-3-4-7-19)15-18-12-17-13-23-24(36-11-10-35-23)14-21(17)27-26(18)33/h12-14,19-20,22H,2-11,15-16H2,1H3,(H,27,33)/t20-,22+/m1/s1. The zero-order chi connectivity index (χ0) is 24.5. The van der Waals surface area contributed by atoms with E-state index in [2.05, 4.69) is 32.3 Å². The Morgan fingerprint density at radius 1 is 1.08 bits per heavy atom. The minimum absolute atomic E-state index is 0.0138. The van der Waals surface area contributed by atoms with Gasteiger partial charge in [-0.05, 0) is 54.7 Å². The first-order chi connectivity index (χ1) is 17.7. The molecule has 1 saturated heterocycles. The van der Waals surface area contributed by atoms with Gasteiger partial charge in [-0.25, -0.2) is 4.68 Å². The molecule has 2 aromatic heterocycles. The van der Waals surface area contributed by atoms with Crippen LogP contribution in [0.3, 0.4) is 0 Å². The van der Waals surface area contributed by atoms with Crippen molar-refractivity contribution in [2.45, 2.75) is 83.1 Å². The molecular formula is C26H34N6O4. The summed E-state index contributed by atoms with van der Waals surface area (Å²) in [7, 11) is 0. The van der Waals surface area contributed by atoms with Gasteiger partial charge in [0.1, 0.15) is 13.2 Å². The van der Waals surface area contributed by atoms with Gasteiger partial charge in [-0.1, -0.05) is 19.8 Å². The molecule has 0 spiro atoms. The molecular weight excluding hydrogens is 460 g/mol. The maximum atomic E-state index is 13.2. The fourth-order valence-electron chi connectivity index (χ4n) is 5.96. The van der Waals surface area contributed by atoms with Crippen LogP contribution in [-0.2, 0) is 17.8 Å². The van der Waals surface area contributed by atoms with Gasteiger partial charge in [-0.2, -0.15) is 0 Å². The summed E-state index contributed by atoms with van der Waals surface area (Å²) in [5.41, 5.74) is 1.42. The molecule has 1 aliphatic carbocycles. The van der Waals surface area contributed by atoms with Crippen molar-refractivity contribution in [3.8, 4) is 11.5 Å². The van der Waals surface area contributed by atoms with Gasteiger partial charge in [0.25, 0.3) is 5.56 Å². The minimum atomic E-state index is -0.0732. The van der Waals surface area contributed by atoms with E-state index < -0.39 is 0 Å². The van der Waals surface area contributed by atoms with Gasteiger partial charge in [-0.15, -0.1) is 5.10 Å². The van der Waals surface area contributed by atoms with E-state index in [1.165, 1.54) is 12.8 Å². The van der Waals surface area contributed by atoms with Crippen molar-refractivity contribution < 1.29 is 14.2 Å². The summed E-state index contributed by atoms with van der Waals surface area (Å²) >= 11 is 0. The molecule has 0 unspecified atom stereocenters. The number of H-pyrrole nitrogens is 1. The van der Waals surface area contributed by atoms with E-state index in [9.17, 15) is 4.79 Å². The fourth-order valence-corrected chi connectivity index (χ4v) is 5.96. The number of hydrogen-bond acceptors (Lipinski definition) is 8. The molecule has 0 bridgehead atoms. The predicted octanol–water partition coefficient (Wildman–Crippen LogP) is 3.36. The lowest BCUT2D eigenvalue weighted by Crippen LogP contribution is -2.39. The quantitative estimate of drug-likeness (QED) is 0.508. The van der Waals surface area contributed by atoms with Crippen molar-refractivity contribution >= 4 is 10.9 Å². The van der Waals surface area contributed by atoms with E-state index in [1.807, 2.05) is 22.9 Å². The Labute approximate surface area is 209 Å². The fraction of sp³-hybridized carbons (Fsp3) is 0.615. The van der Waals surface area contributed by atoms with E-state index in [1.54, 1.807) is 0 Å². The molecule has 1 aromatic carbocycles. The van der Waals surface area contributed by atoms with Crippen LogP contribution >= 0.6 is 0 Å². The minimum Gasteiger partial charge on any atom is -0.486 e. The lowest BCUT2D eigenvalue weighted by molar-refractivity contribution is 0.0839. The van der Waals surface area contributed by atoms with Crippen LogP contribution in [0.15, 0.2) is 23.0 Å². The van der Waals surface area contributed by atoms with Crippen molar-refractivity contribution in [1.82, 2.24) is 30.1 Å². The molecule has 0 amide bonds. The zero-order valence-electron chi connectivity index (χ0n) is 20.8. The summed E-state index contributed by atoms with van der Waals surface area (Å²) < 4.78 is 19.2. The summed E-state index contributed by atoms with van der Waals surface area (Å²) in [5, 5.41) is 13.8. The number of aromatic amines is 1. The molecule has 10 heteroatoms. The molecule has 2 atom stereocenters. The maximum absolute atomic E-state index is 13.2. The Morgan fingerprint density at radius 2 is 1.89 bits per heavy atom. The van der Waals surface area contributed by atoms with Crippen molar-refractivity contribution in [2.24, 2.45) is 0 Å². The molecule has 10 nitrogen and oxygen atoms in total. The number of pyridine rings is 1. The number of nitrogens with zero attached hydrogens (tertiary/aromatic N) is 5. The topological polar surface area (TPSA) is 107 Å². The first-order valence-corrected chi connectivity index (χ1v) is 13.3. The molecule has 3 aromatic rings. The largest absolute Gasteiger partial charge is 0.486 e. The number of nitrogens with one attached hydrogen (secondary N) is 1. The highest BCUT2D eigenvalue weighted by molar-refractivity contribution is 5.83. The Bertz CT molecular complexity index is 1260. The van der Waals surface area contributed by atoms with Crippen LogP contribution in [0.25, 0.3) is 10.9 Å².